The van der Waals surface area contributed by atoms with E-state index in [-0.39, 0.29) is 17.8 Å². The Balaban J connectivity index is 1.52. The lowest BCUT2D eigenvalue weighted by molar-refractivity contribution is -0.121. The van der Waals surface area contributed by atoms with Crippen molar-refractivity contribution >= 4 is 22.9 Å². The number of hydrogen-bond acceptors (Lipinski definition) is 4. The molecule has 4 aromatic rings. The van der Waals surface area contributed by atoms with Crippen LogP contribution in [0.1, 0.15) is 45.5 Å². The number of halogens is 1. The minimum atomic E-state index is -0.297. The number of amides is 1. The van der Waals surface area contributed by atoms with Crippen molar-refractivity contribution in [1.82, 2.24) is 19.9 Å². The van der Waals surface area contributed by atoms with Crippen LogP contribution in [0.3, 0.4) is 0 Å². The average molecular weight is 423 g/mol. The van der Waals surface area contributed by atoms with Crippen LogP contribution in [-0.2, 0) is 11.2 Å². The molecule has 0 aliphatic carbocycles. The van der Waals surface area contributed by atoms with Crippen molar-refractivity contribution in [3.63, 3.8) is 0 Å². The van der Waals surface area contributed by atoms with E-state index in [0.29, 0.717) is 12.8 Å². The second-order valence-corrected chi connectivity index (χ2v) is 8.36. The number of aromatic nitrogens is 3. The maximum atomic E-state index is 13.4. The zero-order valence-electron chi connectivity index (χ0n) is 17.1. The molecular weight excluding hydrogens is 399 g/mol. The third-order valence-corrected chi connectivity index (χ3v) is 6.16. The van der Waals surface area contributed by atoms with Crippen LogP contribution in [0.5, 0.6) is 0 Å². The van der Waals surface area contributed by atoms with Gasteiger partial charge in [-0.15, -0.1) is 11.3 Å². The topological polar surface area (TPSA) is 59.3 Å². The summed E-state index contributed by atoms with van der Waals surface area (Å²) in [5.74, 6) is -0.356. The van der Waals surface area contributed by atoms with E-state index in [9.17, 15) is 9.18 Å². The molecule has 1 atom stereocenters. The van der Waals surface area contributed by atoms with Crippen LogP contribution in [-0.4, -0.2) is 20.5 Å². The van der Waals surface area contributed by atoms with Crippen LogP contribution in [0.4, 0.5) is 4.39 Å². The molecule has 1 unspecified atom stereocenters. The Morgan fingerprint density at radius 1 is 1.20 bits per heavy atom. The molecule has 1 N–H and O–H groups in total. The van der Waals surface area contributed by atoms with Gasteiger partial charge in [0.2, 0.25) is 5.91 Å². The number of benzene rings is 1. The molecule has 0 saturated carbocycles. The molecule has 0 aliphatic rings. The highest BCUT2D eigenvalue weighted by Crippen LogP contribution is 2.26. The van der Waals surface area contributed by atoms with Crippen molar-refractivity contribution in [2.45, 2.75) is 39.7 Å². The fourth-order valence-corrected chi connectivity index (χ4v) is 4.51. The number of nitrogens with one attached hydrogen (secondary N) is 1. The van der Waals surface area contributed by atoms with Crippen LogP contribution in [0.2, 0.25) is 0 Å². The molecule has 5 nitrogen and oxygen atoms in total. The number of hydrogen-bond donors (Lipinski definition) is 1. The van der Waals surface area contributed by atoms with Crippen molar-refractivity contribution < 1.29 is 9.18 Å². The first-order valence-electron chi connectivity index (χ1n) is 9.83. The number of aryl methyl sites for hydroxylation is 3. The van der Waals surface area contributed by atoms with Crippen LogP contribution in [0.15, 0.2) is 47.8 Å². The predicted octanol–water partition coefficient (Wildman–Crippen LogP) is 4.69. The molecule has 0 fully saturated rings. The van der Waals surface area contributed by atoms with E-state index in [4.69, 9.17) is 0 Å². The third-order valence-electron chi connectivity index (χ3n) is 5.22. The second-order valence-electron chi connectivity index (χ2n) is 7.38. The monoisotopic (exact) mass is 422 g/mol. The Hall–Kier alpha value is -3.06. The first-order chi connectivity index (χ1) is 14.4. The number of nitrogens with zero attached hydrogens (tertiary/aromatic N) is 3. The van der Waals surface area contributed by atoms with E-state index in [1.807, 2.05) is 48.9 Å². The summed E-state index contributed by atoms with van der Waals surface area (Å²) in [5.41, 5.74) is 5.56. The summed E-state index contributed by atoms with van der Waals surface area (Å²) in [5, 5.41) is 9.58. The highest BCUT2D eigenvalue weighted by Gasteiger charge is 2.19. The van der Waals surface area contributed by atoms with E-state index in [2.05, 4.69) is 15.4 Å². The highest BCUT2D eigenvalue weighted by atomic mass is 32.1. The quantitative estimate of drug-likeness (QED) is 0.490. The number of rotatable bonds is 6. The number of carbonyl (C=O) groups is 1. The fourth-order valence-electron chi connectivity index (χ4n) is 3.70. The SMILES string of the molecule is Cc1cc2nc(C)c(CCC(=O)NC(c3ccc(F)cc3)c3cccs3)c(C)n2n1. The van der Waals surface area contributed by atoms with Gasteiger partial charge in [0.25, 0.3) is 0 Å². The van der Waals surface area contributed by atoms with Crippen LogP contribution < -0.4 is 5.32 Å². The highest BCUT2D eigenvalue weighted by molar-refractivity contribution is 7.10. The van der Waals surface area contributed by atoms with Gasteiger partial charge in [0.15, 0.2) is 5.65 Å². The van der Waals surface area contributed by atoms with E-state index >= 15 is 0 Å². The van der Waals surface area contributed by atoms with Gasteiger partial charge in [0, 0.05) is 28.8 Å². The second kappa shape index (κ2) is 8.36. The Morgan fingerprint density at radius 3 is 2.67 bits per heavy atom. The predicted molar refractivity (Wildman–Crippen MR) is 116 cm³/mol. The molecule has 4 rings (SSSR count). The minimum absolute atomic E-state index is 0.0618. The molecule has 0 radical (unpaired) electrons. The standard InChI is InChI=1S/C23H23FN4OS/c1-14-13-21-25-15(2)19(16(3)28(21)27-14)10-11-22(29)26-23(20-5-4-12-30-20)17-6-8-18(24)9-7-17/h4-9,12-13,23H,10-11H2,1-3H3,(H,26,29). The number of fused-ring (bicyclic) bond motifs is 1. The van der Waals surface area contributed by atoms with Gasteiger partial charge in [-0.2, -0.15) is 5.10 Å². The molecular formula is C23H23FN4OS. The van der Waals surface area contributed by atoms with Gasteiger partial charge in [0.1, 0.15) is 5.82 Å². The molecule has 0 spiro atoms. The van der Waals surface area contributed by atoms with E-state index in [0.717, 1.165) is 38.7 Å². The summed E-state index contributed by atoms with van der Waals surface area (Å²) in [6.07, 6.45) is 0.907. The largest absolute Gasteiger partial charge is 0.344 e. The van der Waals surface area contributed by atoms with Crippen molar-refractivity contribution in [3.8, 4) is 0 Å². The zero-order valence-corrected chi connectivity index (χ0v) is 18.0. The molecule has 1 amide bonds. The Kier molecular flexibility index (Phi) is 5.63. The maximum Gasteiger partial charge on any atom is 0.221 e. The summed E-state index contributed by atoms with van der Waals surface area (Å²) < 4.78 is 15.2. The molecule has 7 heteroatoms. The zero-order chi connectivity index (χ0) is 21.3. The fraction of sp³-hybridized carbons (Fsp3) is 0.261. The lowest BCUT2D eigenvalue weighted by Gasteiger charge is -2.18. The van der Waals surface area contributed by atoms with Gasteiger partial charge < -0.3 is 5.32 Å². The number of thiophene rings is 1. The summed E-state index contributed by atoms with van der Waals surface area (Å²) in [4.78, 5) is 18.5. The van der Waals surface area contributed by atoms with Crippen molar-refractivity contribution in [3.05, 3.63) is 86.7 Å². The first-order valence-corrected chi connectivity index (χ1v) is 10.7. The smallest absolute Gasteiger partial charge is 0.221 e. The van der Waals surface area contributed by atoms with Crippen LogP contribution in [0, 0.1) is 26.6 Å². The van der Waals surface area contributed by atoms with Gasteiger partial charge in [-0.05, 0) is 61.9 Å². The molecule has 3 heterocycles. The molecule has 1 aromatic carbocycles. The summed E-state index contributed by atoms with van der Waals surface area (Å²) >= 11 is 1.57. The molecule has 0 aliphatic heterocycles. The van der Waals surface area contributed by atoms with Gasteiger partial charge >= 0.3 is 0 Å². The Bertz CT molecular complexity index is 1180. The van der Waals surface area contributed by atoms with Crippen LogP contribution >= 0.6 is 11.3 Å². The van der Waals surface area contributed by atoms with E-state index in [1.54, 1.807) is 23.5 Å². The van der Waals surface area contributed by atoms with Crippen molar-refractivity contribution in [1.29, 1.82) is 0 Å². The van der Waals surface area contributed by atoms with E-state index < -0.39 is 0 Å². The molecule has 0 saturated heterocycles. The van der Waals surface area contributed by atoms with Gasteiger partial charge in [-0.3, -0.25) is 4.79 Å². The lowest BCUT2D eigenvalue weighted by atomic mass is 10.0. The van der Waals surface area contributed by atoms with Crippen LogP contribution in [0.25, 0.3) is 5.65 Å². The normalized spacial score (nSPS) is 12.3. The molecule has 0 bridgehead atoms. The summed E-state index contributed by atoms with van der Waals surface area (Å²) in [6.45, 7) is 5.92. The average Bonchev–Trinajstić information content (AvgIpc) is 3.36. The molecule has 154 valence electrons. The van der Waals surface area contributed by atoms with Gasteiger partial charge in [-0.1, -0.05) is 18.2 Å². The van der Waals surface area contributed by atoms with Gasteiger partial charge in [-0.25, -0.2) is 13.9 Å². The minimum Gasteiger partial charge on any atom is -0.344 e. The van der Waals surface area contributed by atoms with Crippen molar-refractivity contribution in [2.75, 3.05) is 0 Å². The Morgan fingerprint density at radius 2 is 1.97 bits per heavy atom. The van der Waals surface area contributed by atoms with Crippen molar-refractivity contribution in [2.24, 2.45) is 0 Å². The summed E-state index contributed by atoms with van der Waals surface area (Å²) in [6, 6.07) is 11.8. The third kappa shape index (κ3) is 4.11. The number of carbonyl (C=O) groups excluding carboxylic acids is 1. The lowest BCUT2D eigenvalue weighted by Crippen LogP contribution is -2.29. The maximum absolute atomic E-state index is 13.4. The Labute approximate surface area is 178 Å². The first kappa shape index (κ1) is 20.2. The summed E-state index contributed by atoms with van der Waals surface area (Å²) in [7, 11) is 0. The molecule has 3 aromatic heterocycles. The van der Waals surface area contributed by atoms with Gasteiger partial charge in [0.05, 0.1) is 11.7 Å². The van der Waals surface area contributed by atoms with E-state index in [1.165, 1.54) is 12.1 Å². The molecule has 30 heavy (non-hydrogen) atoms.